The van der Waals surface area contributed by atoms with Crippen LogP contribution in [0.15, 0.2) is 21.8 Å². The van der Waals surface area contributed by atoms with Crippen LogP contribution in [-0.2, 0) is 26.5 Å². The van der Waals surface area contributed by atoms with Gasteiger partial charge in [-0.2, -0.15) is 5.10 Å². The highest BCUT2D eigenvalue weighted by molar-refractivity contribution is 14.2. The number of aliphatic hydroxyl groups excluding tert-OH is 1. The van der Waals surface area contributed by atoms with E-state index in [9.17, 15) is 9.90 Å². The lowest BCUT2D eigenvalue weighted by Crippen LogP contribution is -2.25. The highest BCUT2D eigenvalue weighted by atomic mass is 127. The number of halogens is 1. The zero-order valence-electron chi connectivity index (χ0n) is 13.8. The fourth-order valence-corrected chi connectivity index (χ4v) is 4.79. The molecule has 0 saturated carbocycles. The van der Waals surface area contributed by atoms with Crippen LogP contribution in [0.3, 0.4) is 0 Å². The highest BCUT2D eigenvalue weighted by Gasteiger charge is 2.22. The second kappa shape index (κ2) is 7.81. The Morgan fingerprint density at radius 3 is 2.22 bits per heavy atom. The Balaban J connectivity index is 2.97. The molecular weight excluding hydrogens is 423 g/mol. The van der Waals surface area contributed by atoms with Crippen LogP contribution in [0.5, 0.6) is 0 Å². The van der Waals surface area contributed by atoms with Gasteiger partial charge in [0.05, 0.1) is 17.1 Å². The predicted octanol–water partition coefficient (Wildman–Crippen LogP) is 3.81. The Bertz CT molecular complexity index is 762. The van der Waals surface area contributed by atoms with Crippen molar-refractivity contribution in [2.24, 2.45) is 7.05 Å². The zero-order valence-corrected chi connectivity index (χ0v) is 16.8. The maximum absolute atomic E-state index is 12.8. The largest absolute Gasteiger partial charge is 0.390 e. The van der Waals surface area contributed by atoms with Crippen LogP contribution >= 0.6 is 30.1 Å². The molecule has 0 aliphatic carbocycles. The van der Waals surface area contributed by atoms with Crippen molar-refractivity contribution < 1.29 is 5.11 Å². The molecule has 0 bridgehead atoms. The molecule has 0 unspecified atom stereocenters. The van der Waals surface area contributed by atoms with Crippen LogP contribution in [0.1, 0.15) is 36.2 Å². The first-order chi connectivity index (χ1) is 11.0. The zero-order chi connectivity index (χ0) is 17.1. The van der Waals surface area contributed by atoms with Gasteiger partial charge in [-0.1, -0.05) is 40.5 Å². The smallest absolute Gasteiger partial charge is 0.275 e. The van der Waals surface area contributed by atoms with Crippen LogP contribution in [0.2, 0.25) is 0 Å². The summed E-state index contributed by atoms with van der Waals surface area (Å²) in [5, 5.41) is 13.8. The van der Waals surface area contributed by atoms with E-state index in [1.807, 2.05) is 0 Å². The molecule has 0 atom stereocenters. The first-order valence-electron chi connectivity index (χ1n) is 7.60. The van der Waals surface area contributed by atoms with Crippen LogP contribution in [0.4, 0.5) is 0 Å². The van der Waals surface area contributed by atoms with Gasteiger partial charge in [-0.05, 0) is 36.5 Å². The van der Waals surface area contributed by atoms with E-state index in [4.69, 9.17) is 0 Å². The standard InChI is InChI=1S/C17H21IN2O2S/c1-5-11-7-10(3)8-12(6-2)14(11)15-16(23-18)13(9-21)19-20(4)17(15)22/h7-8,21H,5-6,9H2,1-4H3. The molecule has 1 aromatic carbocycles. The van der Waals surface area contributed by atoms with E-state index >= 15 is 0 Å². The number of hydrogen-bond donors (Lipinski definition) is 1. The number of rotatable bonds is 5. The summed E-state index contributed by atoms with van der Waals surface area (Å²) in [6, 6.07) is 4.29. The van der Waals surface area contributed by atoms with Gasteiger partial charge in [0.2, 0.25) is 0 Å². The van der Waals surface area contributed by atoms with Gasteiger partial charge in [-0.15, -0.1) is 0 Å². The van der Waals surface area contributed by atoms with E-state index in [1.165, 1.54) is 30.3 Å². The van der Waals surface area contributed by atoms with Crippen molar-refractivity contribution in [1.29, 1.82) is 0 Å². The van der Waals surface area contributed by atoms with Gasteiger partial charge in [0.1, 0.15) is 5.69 Å². The summed E-state index contributed by atoms with van der Waals surface area (Å²) < 4.78 is 1.33. The van der Waals surface area contributed by atoms with Crippen LogP contribution in [-0.4, -0.2) is 14.9 Å². The second-order valence-electron chi connectivity index (χ2n) is 5.48. The summed E-state index contributed by atoms with van der Waals surface area (Å²) in [7, 11) is 3.08. The molecular formula is C17H21IN2O2S. The van der Waals surface area contributed by atoms with Crippen LogP contribution in [0, 0.1) is 6.92 Å². The summed E-state index contributed by atoms with van der Waals surface area (Å²) in [6.07, 6.45) is 1.71. The highest BCUT2D eigenvalue weighted by Crippen LogP contribution is 2.38. The van der Waals surface area contributed by atoms with Gasteiger partial charge in [-0.25, -0.2) is 4.68 Å². The molecule has 0 saturated heterocycles. The van der Waals surface area contributed by atoms with Crippen molar-refractivity contribution in [3.8, 4) is 11.1 Å². The first-order valence-corrected chi connectivity index (χ1v) is 11.0. The van der Waals surface area contributed by atoms with Gasteiger partial charge in [0.15, 0.2) is 0 Å². The number of hydrogen-bond acceptors (Lipinski definition) is 4. The van der Waals surface area contributed by atoms with Gasteiger partial charge >= 0.3 is 0 Å². The van der Waals surface area contributed by atoms with Gasteiger partial charge in [0.25, 0.3) is 5.56 Å². The third-order valence-electron chi connectivity index (χ3n) is 3.95. The molecule has 1 aromatic heterocycles. The third kappa shape index (κ3) is 3.49. The third-order valence-corrected chi connectivity index (χ3v) is 5.87. The van der Waals surface area contributed by atoms with Crippen molar-refractivity contribution >= 4 is 30.1 Å². The average Bonchev–Trinajstić information content (AvgIpc) is 2.56. The monoisotopic (exact) mass is 444 g/mol. The summed E-state index contributed by atoms with van der Waals surface area (Å²) in [4.78, 5) is 13.6. The topological polar surface area (TPSA) is 55.1 Å². The lowest BCUT2D eigenvalue weighted by atomic mass is 9.90. The summed E-state index contributed by atoms with van der Waals surface area (Å²) in [6.45, 7) is 6.11. The van der Waals surface area contributed by atoms with E-state index in [1.54, 1.807) is 7.05 Å². The fraction of sp³-hybridized carbons (Fsp3) is 0.412. The molecule has 0 aliphatic rings. The molecule has 2 rings (SSSR count). The van der Waals surface area contributed by atoms with E-state index < -0.39 is 0 Å². The van der Waals surface area contributed by atoms with E-state index in [0.29, 0.717) is 11.3 Å². The number of benzene rings is 1. The number of aryl methyl sites for hydroxylation is 4. The average molecular weight is 444 g/mol. The SMILES string of the molecule is CCc1cc(C)cc(CC)c1-c1c(SI)c(CO)nn(C)c1=O. The molecule has 1 N–H and O–H groups in total. The molecule has 6 heteroatoms. The maximum Gasteiger partial charge on any atom is 0.275 e. The Kier molecular flexibility index (Phi) is 6.27. The predicted molar refractivity (Wildman–Crippen MR) is 104 cm³/mol. The van der Waals surface area contributed by atoms with E-state index in [0.717, 1.165) is 23.3 Å². The van der Waals surface area contributed by atoms with Crippen molar-refractivity contribution in [2.45, 2.75) is 45.1 Å². The number of aliphatic hydroxyl groups is 1. The fourth-order valence-electron chi connectivity index (χ4n) is 2.90. The van der Waals surface area contributed by atoms with Crippen molar-refractivity contribution in [2.75, 3.05) is 0 Å². The Hall–Kier alpha value is -0.860. The lowest BCUT2D eigenvalue weighted by molar-refractivity contribution is 0.270. The Labute approximate surface area is 152 Å². The molecule has 124 valence electrons. The van der Waals surface area contributed by atoms with E-state index in [-0.39, 0.29) is 12.2 Å². The Morgan fingerprint density at radius 2 is 1.78 bits per heavy atom. The Morgan fingerprint density at radius 1 is 1.22 bits per heavy atom. The second-order valence-corrected chi connectivity index (χ2v) is 7.36. The molecule has 23 heavy (non-hydrogen) atoms. The van der Waals surface area contributed by atoms with Crippen molar-refractivity contribution in [3.05, 3.63) is 44.9 Å². The van der Waals surface area contributed by atoms with Crippen molar-refractivity contribution in [3.63, 3.8) is 0 Å². The lowest BCUT2D eigenvalue weighted by Gasteiger charge is -2.18. The number of aromatic nitrogens is 2. The maximum atomic E-state index is 12.8. The minimum atomic E-state index is -0.179. The summed E-state index contributed by atoms with van der Waals surface area (Å²) in [5.74, 6) is 0. The van der Waals surface area contributed by atoms with Gasteiger partial charge in [-0.3, -0.25) is 4.79 Å². The van der Waals surface area contributed by atoms with E-state index in [2.05, 4.69) is 59.2 Å². The summed E-state index contributed by atoms with van der Waals surface area (Å²) in [5.41, 5.74) is 5.65. The normalized spacial score (nSPS) is 11.0. The summed E-state index contributed by atoms with van der Waals surface area (Å²) >= 11 is 2.15. The molecule has 0 amide bonds. The van der Waals surface area contributed by atoms with Gasteiger partial charge in [0, 0.05) is 28.3 Å². The molecule has 0 fully saturated rings. The minimum Gasteiger partial charge on any atom is -0.390 e. The molecule has 0 aliphatic heterocycles. The molecule has 0 radical (unpaired) electrons. The van der Waals surface area contributed by atoms with Crippen molar-refractivity contribution in [1.82, 2.24) is 9.78 Å². The molecule has 1 heterocycles. The molecule has 0 spiro atoms. The van der Waals surface area contributed by atoms with Gasteiger partial charge < -0.3 is 5.11 Å². The number of nitrogens with zero attached hydrogens (tertiary/aromatic N) is 2. The van der Waals surface area contributed by atoms with Crippen LogP contribution < -0.4 is 5.56 Å². The molecule has 2 aromatic rings. The minimum absolute atomic E-state index is 0.116. The first kappa shape index (κ1) is 18.5. The van der Waals surface area contributed by atoms with Crippen LogP contribution in [0.25, 0.3) is 11.1 Å². The molecule has 4 nitrogen and oxygen atoms in total. The quantitative estimate of drug-likeness (QED) is 0.713.